The number of sulfonamides is 1. The third-order valence-corrected chi connectivity index (χ3v) is 6.74. The Morgan fingerprint density at radius 2 is 1.66 bits per heavy atom. The molecule has 32 heavy (non-hydrogen) atoms. The Morgan fingerprint density at radius 1 is 1.00 bits per heavy atom. The molecule has 0 fully saturated rings. The quantitative estimate of drug-likeness (QED) is 0.493. The molecule has 1 aromatic carbocycles. The third kappa shape index (κ3) is 6.66. The van der Waals surface area contributed by atoms with E-state index < -0.39 is 33.9 Å². The summed E-state index contributed by atoms with van der Waals surface area (Å²) in [5, 5.41) is 5.10. The zero-order chi connectivity index (χ0) is 23.7. The molecule has 0 aliphatic heterocycles. The molecule has 2 rings (SSSR count). The molecule has 0 bridgehead atoms. The molecule has 0 saturated heterocycles. The van der Waals surface area contributed by atoms with Crippen LogP contribution >= 0.6 is 0 Å². The van der Waals surface area contributed by atoms with Crippen LogP contribution in [0.4, 0.5) is 0 Å². The maximum Gasteiger partial charge on any atom is 0.251 e. The van der Waals surface area contributed by atoms with Gasteiger partial charge in [0.15, 0.2) is 0 Å². The zero-order valence-electron chi connectivity index (χ0n) is 18.3. The van der Waals surface area contributed by atoms with E-state index in [9.17, 15) is 22.8 Å². The lowest BCUT2D eigenvalue weighted by Gasteiger charge is -2.19. The van der Waals surface area contributed by atoms with E-state index >= 15 is 0 Å². The first-order chi connectivity index (χ1) is 15.2. The second-order valence-corrected chi connectivity index (χ2v) is 8.76. The number of aromatic nitrogens is 1. The number of carbonyl (C=O) groups excluding carboxylic acids is 2. The average Bonchev–Trinajstić information content (AvgIpc) is 2.78. The monoisotopic (exact) mass is 464 g/mol. The summed E-state index contributed by atoms with van der Waals surface area (Å²) in [4.78, 5) is 36.2. The summed E-state index contributed by atoms with van der Waals surface area (Å²) in [5.41, 5.74) is 0.339. The van der Waals surface area contributed by atoms with Crippen LogP contribution in [0.5, 0.6) is 5.75 Å². The van der Waals surface area contributed by atoms with Crippen molar-refractivity contribution in [3.8, 4) is 5.75 Å². The highest BCUT2D eigenvalue weighted by atomic mass is 32.2. The van der Waals surface area contributed by atoms with E-state index in [2.05, 4.69) is 10.6 Å². The molecule has 2 aromatic rings. The van der Waals surface area contributed by atoms with E-state index in [0.717, 1.165) is 22.4 Å². The Labute approximate surface area is 187 Å². The molecule has 0 spiro atoms. The number of hydrogen-bond donors (Lipinski definition) is 2. The molecule has 10 nitrogen and oxygen atoms in total. The van der Waals surface area contributed by atoms with Crippen molar-refractivity contribution in [2.45, 2.75) is 31.8 Å². The minimum absolute atomic E-state index is 0.0779. The van der Waals surface area contributed by atoms with Crippen LogP contribution in [-0.2, 0) is 32.7 Å². The van der Waals surface area contributed by atoms with Crippen LogP contribution in [0.25, 0.3) is 0 Å². The van der Waals surface area contributed by atoms with Crippen molar-refractivity contribution >= 4 is 21.8 Å². The molecule has 0 aliphatic carbocycles. The number of hydrogen-bond acceptors (Lipinski definition) is 6. The average molecular weight is 465 g/mol. The van der Waals surface area contributed by atoms with Crippen molar-refractivity contribution in [2.75, 3.05) is 26.7 Å². The second kappa shape index (κ2) is 11.4. The number of pyridine rings is 1. The van der Waals surface area contributed by atoms with Gasteiger partial charge in [-0.05, 0) is 23.8 Å². The number of methoxy groups -OCH3 is 1. The summed E-state index contributed by atoms with van der Waals surface area (Å²) in [6, 6.07) is 9.49. The minimum Gasteiger partial charge on any atom is -0.497 e. The molecule has 2 N–H and O–H groups in total. The van der Waals surface area contributed by atoms with Crippen LogP contribution in [0.3, 0.4) is 0 Å². The van der Waals surface area contributed by atoms with Crippen molar-refractivity contribution in [2.24, 2.45) is 0 Å². The van der Waals surface area contributed by atoms with E-state index in [1.807, 2.05) is 12.1 Å². The number of ether oxygens (including phenoxy) is 1. The number of carbonyl (C=O) groups is 2. The van der Waals surface area contributed by atoms with Crippen LogP contribution in [0, 0.1) is 0 Å². The summed E-state index contributed by atoms with van der Waals surface area (Å²) in [7, 11) is -2.21. The van der Waals surface area contributed by atoms with Gasteiger partial charge in [-0.3, -0.25) is 14.4 Å². The number of amides is 2. The van der Waals surface area contributed by atoms with E-state index in [-0.39, 0.29) is 31.1 Å². The van der Waals surface area contributed by atoms with E-state index in [1.54, 1.807) is 33.1 Å². The first kappa shape index (κ1) is 25.1. The van der Waals surface area contributed by atoms with Gasteiger partial charge in [0.25, 0.3) is 5.56 Å². The summed E-state index contributed by atoms with van der Waals surface area (Å²) in [6.07, 6.45) is 1.14. The number of nitrogens with one attached hydrogen (secondary N) is 2. The van der Waals surface area contributed by atoms with Gasteiger partial charge in [0.2, 0.25) is 21.8 Å². The number of nitrogens with zero attached hydrogens (tertiary/aromatic N) is 2. The van der Waals surface area contributed by atoms with Gasteiger partial charge in [-0.1, -0.05) is 26.0 Å². The Bertz CT molecular complexity index is 1090. The molecule has 1 aromatic heterocycles. The van der Waals surface area contributed by atoms with E-state index in [4.69, 9.17) is 4.74 Å². The van der Waals surface area contributed by atoms with Crippen LogP contribution in [-0.4, -0.2) is 55.8 Å². The molecule has 2 amide bonds. The van der Waals surface area contributed by atoms with Gasteiger partial charge >= 0.3 is 0 Å². The second-order valence-electron chi connectivity index (χ2n) is 6.82. The van der Waals surface area contributed by atoms with Crippen LogP contribution in [0.1, 0.15) is 19.4 Å². The van der Waals surface area contributed by atoms with Gasteiger partial charge in [-0.2, -0.15) is 4.31 Å². The lowest BCUT2D eigenvalue weighted by Crippen LogP contribution is -2.39. The lowest BCUT2D eigenvalue weighted by atomic mass is 10.2. The summed E-state index contributed by atoms with van der Waals surface area (Å²) >= 11 is 0. The van der Waals surface area contributed by atoms with Crippen LogP contribution < -0.4 is 20.9 Å². The minimum atomic E-state index is -3.77. The molecule has 0 radical (unpaired) electrons. The fraction of sp³-hybridized carbons (Fsp3) is 0.381. The molecular formula is C21H28N4O6S. The molecule has 174 valence electrons. The molecule has 11 heteroatoms. The Balaban J connectivity index is 1.93. The highest BCUT2D eigenvalue weighted by molar-refractivity contribution is 7.89. The summed E-state index contributed by atoms with van der Waals surface area (Å²) < 4.78 is 32.6. The largest absolute Gasteiger partial charge is 0.497 e. The van der Waals surface area contributed by atoms with Crippen molar-refractivity contribution in [3.05, 3.63) is 58.5 Å². The predicted molar refractivity (Wildman–Crippen MR) is 119 cm³/mol. The SMILES string of the molecule is CCN(CC)S(=O)(=O)c1ccc(=O)n(CC(=O)NCC(=O)NCc2ccc(OC)cc2)c1. The highest BCUT2D eigenvalue weighted by Crippen LogP contribution is 2.13. The van der Waals surface area contributed by atoms with E-state index in [0.29, 0.717) is 5.75 Å². The van der Waals surface area contributed by atoms with Gasteiger partial charge in [0.05, 0.1) is 18.6 Å². The molecule has 0 aliphatic rings. The fourth-order valence-corrected chi connectivity index (χ4v) is 4.37. The number of benzene rings is 1. The molecule has 0 unspecified atom stereocenters. The van der Waals surface area contributed by atoms with E-state index in [1.165, 1.54) is 10.4 Å². The zero-order valence-corrected chi connectivity index (χ0v) is 19.1. The Morgan fingerprint density at radius 3 is 2.25 bits per heavy atom. The van der Waals surface area contributed by atoms with Gasteiger partial charge in [-0.15, -0.1) is 0 Å². The topological polar surface area (TPSA) is 127 Å². The van der Waals surface area contributed by atoms with Crippen molar-refractivity contribution in [3.63, 3.8) is 0 Å². The third-order valence-electron chi connectivity index (χ3n) is 4.71. The van der Waals surface area contributed by atoms with Crippen LogP contribution in [0.2, 0.25) is 0 Å². The maximum atomic E-state index is 12.6. The van der Waals surface area contributed by atoms with Gasteiger partial charge in [-0.25, -0.2) is 8.42 Å². The molecule has 0 atom stereocenters. The molecule has 0 saturated carbocycles. The number of rotatable bonds is 11. The Kier molecular flexibility index (Phi) is 8.97. The van der Waals surface area contributed by atoms with Crippen molar-refractivity contribution in [1.29, 1.82) is 0 Å². The summed E-state index contributed by atoms with van der Waals surface area (Å²) in [5.74, 6) is -0.292. The first-order valence-electron chi connectivity index (χ1n) is 10.1. The smallest absolute Gasteiger partial charge is 0.251 e. The fourth-order valence-electron chi connectivity index (χ4n) is 2.89. The standard InChI is InChI=1S/C21H28N4O6S/c1-4-25(5-2)32(29,30)18-10-11-21(28)24(14-18)15-20(27)23-13-19(26)22-12-16-6-8-17(31-3)9-7-16/h6-11,14H,4-5,12-13,15H2,1-3H3,(H,22,26)(H,23,27). The Hall–Kier alpha value is -3.18. The normalized spacial score (nSPS) is 11.2. The van der Waals surface area contributed by atoms with Gasteiger partial charge in [0, 0.05) is 31.9 Å². The van der Waals surface area contributed by atoms with Gasteiger partial charge < -0.3 is 19.9 Å². The van der Waals surface area contributed by atoms with Crippen molar-refractivity contribution in [1.82, 2.24) is 19.5 Å². The molecular weight excluding hydrogens is 436 g/mol. The van der Waals surface area contributed by atoms with Gasteiger partial charge in [0.1, 0.15) is 12.3 Å². The summed E-state index contributed by atoms with van der Waals surface area (Å²) in [6.45, 7) is 3.58. The maximum absolute atomic E-state index is 12.6. The van der Waals surface area contributed by atoms with Crippen molar-refractivity contribution < 1.29 is 22.7 Å². The predicted octanol–water partition coefficient (Wildman–Crippen LogP) is 0.320. The van der Waals surface area contributed by atoms with Crippen LogP contribution in [0.15, 0.2) is 52.3 Å². The highest BCUT2D eigenvalue weighted by Gasteiger charge is 2.22. The first-order valence-corrected chi connectivity index (χ1v) is 11.5. The molecule has 1 heterocycles. The lowest BCUT2D eigenvalue weighted by molar-refractivity contribution is -0.126.